The van der Waals surface area contributed by atoms with Crippen LogP contribution >= 0.6 is 0 Å². The molecule has 14 heavy (non-hydrogen) atoms. The van der Waals surface area contributed by atoms with Crippen molar-refractivity contribution in [1.29, 1.82) is 0 Å². The van der Waals surface area contributed by atoms with Crippen molar-refractivity contribution in [1.82, 2.24) is 0 Å². The number of hydrogen-bond donors (Lipinski definition) is 1. The highest BCUT2D eigenvalue weighted by molar-refractivity contribution is 5.14. The van der Waals surface area contributed by atoms with E-state index in [9.17, 15) is 0 Å². The van der Waals surface area contributed by atoms with E-state index in [-0.39, 0.29) is 0 Å². The van der Waals surface area contributed by atoms with E-state index in [0.29, 0.717) is 19.1 Å². The maximum atomic E-state index is 5.39. The molecule has 0 heterocycles. The second kappa shape index (κ2) is 6.57. The van der Waals surface area contributed by atoms with Gasteiger partial charge >= 0.3 is 0 Å². The molecule has 0 spiro atoms. The normalized spacial score (nSPS) is 12.7. The van der Waals surface area contributed by atoms with E-state index in [0.717, 1.165) is 13.0 Å². The zero-order valence-corrected chi connectivity index (χ0v) is 8.78. The van der Waals surface area contributed by atoms with Crippen LogP contribution < -0.4 is 5.73 Å². The second-order valence-electron chi connectivity index (χ2n) is 3.66. The third-order valence-electron chi connectivity index (χ3n) is 2.09. The minimum absolute atomic E-state index is 0.559. The number of hydrogen-bond acceptors (Lipinski definition) is 2. The van der Waals surface area contributed by atoms with Gasteiger partial charge in [0, 0.05) is 13.2 Å². The van der Waals surface area contributed by atoms with Gasteiger partial charge < -0.3 is 10.5 Å². The van der Waals surface area contributed by atoms with Gasteiger partial charge in [0.2, 0.25) is 0 Å². The van der Waals surface area contributed by atoms with Gasteiger partial charge in [0.25, 0.3) is 0 Å². The van der Waals surface area contributed by atoms with E-state index in [2.05, 4.69) is 31.2 Å². The summed E-state index contributed by atoms with van der Waals surface area (Å²) in [6.45, 7) is 4.27. The van der Waals surface area contributed by atoms with Crippen LogP contribution in [0.4, 0.5) is 0 Å². The van der Waals surface area contributed by atoms with Gasteiger partial charge in [-0.25, -0.2) is 0 Å². The molecule has 1 atom stereocenters. The molecule has 0 fully saturated rings. The van der Waals surface area contributed by atoms with Crippen LogP contribution in [0.15, 0.2) is 30.3 Å². The Balaban J connectivity index is 2.23. The van der Waals surface area contributed by atoms with Crippen LogP contribution in [0, 0.1) is 5.92 Å². The summed E-state index contributed by atoms with van der Waals surface area (Å²) in [7, 11) is 0. The lowest BCUT2D eigenvalue weighted by Crippen LogP contribution is -2.14. The average Bonchev–Trinajstić information content (AvgIpc) is 2.20. The van der Waals surface area contributed by atoms with Crippen molar-refractivity contribution in [2.24, 2.45) is 11.7 Å². The molecule has 0 aliphatic carbocycles. The van der Waals surface area contributed by atoms with Crippen molar-refractivity contribution >= 4 is 0 Å². The van der Waals surface area contributed by atoms with E-state index in [1.54, 1.807) is 0 Å². The largest absolute Gasteiger partial charge is 0.380 e. The van der Waals surface area contributed by atoms with Gasteiger partial charge in [-0.3, -0.25) is 0 Å². The molecule has 2 N–H and O–H groups in total. The lowest BCUT2D eigenvalue weighted by Gasteiger charge is -2.11. The minimum atomic E-state index is 0.559. The van der Waals surface area contributed by atoms with Crippen molar-refractivity contribution in [3.63, 3.8) is 0 Å². The molecule has 1 unspecified atom stereocenters. The molecule has 2 heteroatoms. The van der Waals surface area contributed by atoms with Gasteiger partial charge in [0.05, 0.1) is 6.61 Å². The van der Waals surface area contributed by atoms with Crippen LogP contribution in [-0.2, 0) is 11.2 Å². The van der Waals surface area contributed by atoms with E-state index in [1.807, 2.05) is 6.07 Å². The zero-order valence-electron chi connectivity index (χ0n) is 8.78. The predicted octanol–water partition coefficient (Wildman–Crippen LogP) is 1.84. The third kappa shape index (κ3) is 4.40. The number of rotatable bonds is 6. The molecule has 0 bridgehead atoms. The summed E-state index contributed by atoms with van der Waals surface area (Å²) >= 11 is 0. The fraction of sp³-hybridized carbons (Fsp3) is 0.500. The lowest BCUT2D eigenvalue weighted by molar-refractivity contribution is 0.111. The summed E-state index contributed by atoms with van der Waals surface area (Å²) in [6.07, 6.45) is 1.07. The van der Waals surface area contributed by atoms with Gasteiger partial charge in [0.1, 0.15) is 0 Å². The highest BCUT2D eigenvalue weighted by atomic mass is 16.5. The SMILES string of the molecule is CC(COCCN)Cc1ccccc1. The summed E-state index contributed by atoms with van der Waals surface area (Å²) in [6, 6.07) is 10.5. The fourth-order valence-corrected chi connectivity index (χ4v) is 1.44. The molecule has 0 radical (unpaired) electrons. The Labute approximate surface area is 86.1 Å². The first kappa shape index (κ1) is 11.2. The van der Waals surface area contributed by atoms with Crippen molar-refractivity contribution < 1.29 is 4.74 Å². The molecule has 0 aliphatic heterocycles. The lowest BCUT2D eigenvalue weighted by atomic mass is 10.0. The van der Waals surface area contributed by atoms with Crippen molar-refractivity contribution in [2.75, 3.05) is 19.8 Å². The van der Waals surface area contributed by atoms with Gasteiger partial charge in [-0.15, -0.1) is 0 Å². The summed E-state index contributed by atoms with van der Waals surface area (Å²) < 4.78 is 5.39. The van der Waals surface area contributed by atoms with Gasteiger partial charge in [-0.1, -0.05) is 37.3 Å². The molecule has 0 aliphatic rings. The van der Waals surface area contributed by atoms with Crippen molar-refractivity contribution in [3.05, 3.63) is 35.9 Å². The van der Waals surface area contributed by atoms with Crippen LogP contribution in [0.25, 0.3) is 0 Å². The zero-order chi connectivity index (χ0) is 10.2. The monoisotopic (exact) mass is 193 g/mol. The highest BCUT2D eigenvalue weighted by Gasteiger charge is 2.02. The molecule has 0 saturated carbocycles. The first-order valence-corrected chi connectivity index (χ1v) is 5.14. The Hall–Kier alpha value is -0.860. The molecule has 2 nitrogen and oxygen atoms in total. The van der Waals surface area contributed by atoms with Gasteiger partial charge in [-0.2, -0.15) is 0 Å². The highest BCUT2D eigenvalue weighted by Crippen LogP contribution is 2.08. The smallest absolute Gasteiger partial charge is 0.0588 e. The Kier molecular flexibility index (Phi) is 5.27. The predicted molar refractivity (Wildman–Crippen MR) is 59.2 cm³/mol. The topological polar surface area (TPSA) is 35.2 Å². The number of nitrogens with two attached hydrogens (primary N) is 1. The average molecular weight is 193 g/mol. The standard InChI is InChI=1S/C12H19NO/c1-11(10-14-8-7-13)9-12-5-3-2-4-6-12/h2-6,11H,7-10,13H2,1H3. The van der Waals surface area contributed by atoms with E-state index >= 15 is 0 Å². The Morgan fingerprint density at radius 1 is 1.29 bits per heavy atom. The second-order valence-corrected chi connectivity index (χ2v) is 3.66. The Morgan fingerprint density at radius 3 is 2.64 bits per heavy atom. The van der Waals surface area contributed by atoms with Crippen LogP contribution in [-0.4, -0.2) is 19.8 Å². The van der Waals surface area contributed by atoms with E-state index in [4.69, 9.17) is 10.5 Å². The van der Waals surface area contributed by atoms with Crippen LogP contribution in [0.2, 0.25) is 0 Å². The van der Waals surface area contributed by atoms with Gasteiger partial charge in [0.15, 0.2) is 0 Å². The van der Waals surface area contributed by atoms with Crippen LogP contribution in [0.1, 0.15) is 12.5 Å². The summed E-state index contributed by atoms with van der Waals surface area (Å²) in [5.41, 5.74) is 6.71. The van der Waals surface area contributed by atoms with E-state index < -0.39 is 0 Å². The summed E-state index contributed by atoms with van der Waals surface area (Å²) in [5, 5.41) is 0. The quantitative estimate of drug-likeness (QED) is 0.700. The Morgan fingerprint density at radius 2 is 2.00 bits per heavy atom. The molecular weight excluding hydrogens is 174 g/mol. The molecule has 78 valence electrons. The number of benzene rings is 1. The third-order valence-corrected chi connectivity index (χ3v) is 2.09. The number of ether oxygens (including phenoxy) is 1. The maximum Gasteiger partial charge on any atom is 0.0588 e. The first-order chi connectivity index (χ1) is 6.83. The summed E-state index contributed by atoms with van der Waals surface area (Å²) in [4.78, 5) is 0. The Bertz CT molecular complexity index is 235. The minimum Gasteiger partial charge on any atom is -0.380 e. The van der Waals surface area contributed by atoms with Crippen molar-refractivity contribution in [3.8, 4) is 0 Å². The fourth-order valence-electron chi connectivity index (χ4n) is 1.44. The molecular formula is C12H19NO. The molecule has 0 saturated heterocycles. The van der Waals surface area contributed by atoms with Gasteiger partial charge in [-0.05, 0) is 17.9 Å². The van der Waals surface area contributed by atoms with E-state index in [1.165, 1.54) is 5.56 Å². The molecule has 1 aromatic carbocycles. The van der Waals surface area contributed by atoms with Crippen molar-refractivity contribution in [2.45, 2.75) is 13.3 Å². The molecule has 1 rings (SSSR count). The summed E-state index contributed by atoms with van der Waals surface area (Å²) in [5.74, 6) is 0.559. The molecule has 1 aromatic rings. The van der Waals surface area contributed by atoms with Crippen LogP contribution in [0.5, 0.6) is 0 Å². The first-order valence-electron chi connectivity index (χ1n) is 5.14. The molecule has 0 aromatic heterocycles. The maximum absolute atomic E-state index is 5.39. The van der Waals surface area contributed by atoms with Crippen LogP contribution in [0.3, 0.4) is 0 Å². The molecule has 0 amide bonds.